The van der Waals surface area contributed by atoms with Crippen LogP contribution in [-0.2, 0) is 0 Å². The Labute approximate surface area is 57.4 Å². The van der Waals surface area contributed by atoms with Crippen LogP contribution in [0.3, 0.4) is 0 Å². The minimum absolute atomic E-state index is 0.217. The van der Waals surface area contributed by atoms with E-state index in [0.717, 1.165) is 6.42 Å². The van der Waals surface area contributed by atoms with Crippen LogP contribution >= 0.6 is 15.9 Å². The van der Waals surface area contributed by atoms with Gasteiger partial charge in [-0.25, -0.2) is 0 Å². The van der Waals surface area contributed by atoms with Crippen molar-refractivity contribution in [3.05, 3.63) is 22.7 Å². The van der Waals surface area contributed by atoms with Crippen molar-refractivity contribution in [3.63, 3.8) is 0 Å². The number of rotatable bonds is 0. The van der Waals surface area contributed by atoms with E-state index < -0.39 is 0 Å². The quantitative estimate of drug-likeness (QED) is 0.592. The molecule has 1 atom stereocenters. The molecular formula is C6H8BrN. The van der Waals surface area contributed by atoms with E-state index in [1.807, 2.05) is 18.2 Å². The predicted octanol–water partition coefficient (Wildman–Crippen LogP) is 1.55. The van der Waals surface area contributed by atoms with E-state index in [-0.39, 0.29) is 6.04 Å². The molecule has 0 fully saturated rings. The van der Waals surface area contributed by atoms with Crippen molar-refractivity contribution in [1.82, 2.24) is 0 Å². The summed E-state index contributed by atoms with van der Waals surface area (Å²) in [5.41, 5.74) is 5.57. The summed E-state index contributed by atoms with van der Waals surface area (Å²) in [5, 5.41) is 0. The molecule has 1 aliphatic rings. The van der Waals surface area contributed by atoms with Crippen molar-refractivity contribution < 1.29 is 0 Å². The maximum absolute atomic E-state index is 5.57. The maximum atomic E-state index is 5.57. The van der Waals surface area contributed by atoms with Gasteiger partial charge in [0.1, 0.15) is 0 Å². The van der Waals surface area contributed by atoms with Crippen LogP contribution < -0.4 is 5.73 Å². The summed E-state index contributed by atoms with van der Waals surface area (Å²) in [4.78, 5) is 0. The topological polar surface area (TPSA) is 26.0 Å². The first-order chi connectivity index (χ1) is 3.79. The molecule has 0 radical (unpaired) electrons. The van der Waals surface area contributed by atoms with Gasteiger partial charge in [0.25, 0.3) is 0 Å². The molecule has 44 valence electrons. The molecule has 0 saturated heterocycles. The lowest BCUT2D eigenvalue weighted by atomic mass is 10.1. The molecule has 2 N–H and O–H groups in total. The molecule has 1 rings (SSSR count). The Morgan fingerprint density at radius 1 is 1.75 bits per heavy atom. The molecule has 1 nitrogen and oxygen atoms in total. The highest BCUT2D eigenvalue weighted by Gasteiger charge is 2.01. The van der Waals surface area contributed by atoms with Crippen molar-refractivity contribution in [2.45, 2.75) is 12.5 Å². The van der Waals surface area contributed by atoms with E-state index in [2.05, 4.69) is 15.9 Å². The molecule has 0 bridgehead atoms. The van der Waals surface area contributed by atoms with Crippen molar-refractivity contribution in [3.8, 4) is 0 Å². The van der Waals surface area contributed by atoms with Crippen LogP contribution in [0.1, 0.15) is 6.42 Å². The second-order valence-electron chi connectivity index (χ2n) is 1.87. The highest BCUT2D eigenvalue weighted by molar-refractivity contribution is 9.11. The van der Waals surface area contributed by atoms with Gasteiger partial charge in [0.15, 0.2) is 0 Å². The number of nitrogens with two attached hydrogens (primary N) is 1. The number of allylic oxidation sites excluding steroid dienone is 2. The zero-order valence-electron chi connectivity index (χ0n) is 4.47. The smallest absolute Gasteiger partial charge is 0.0272 e. The summed E-state index contributed by atoms with van der Waals surface area (Å²) in [6, 6.07) is 0.217. The first-order valence-corrected chi connectivity index (χ1v) is 3.37. The highest BCUT2D eigenvalue weighted by atomic mass is 79.9. The van der Waals surface area contributed by atoms with Gasteiger partial charge in [-0.3, -0.25) is 0 Å². The third kappa shape index (κ3) is 1.46. The van der Waals surface area contributed by atoms with Crippen LogP contribution in [-0.4, -0.2) is 6.04 Å². The van der Waals surface area contributed by atoms with Gasteiger partial charge >= 0.3 is 0 Å². The molecule has 8 heavy (non-hydrogen) atoms. The van der Waals surface area contributed by atoms with Crippen LogP contribution in [0.4, 0.5) is 0 Å². The molecule has 0 heterocycles. The molecule has 0 aliphatic heterocycles. The minimum Gasteiger partial charge on any atom is -0.324 e. The first-order valence-electron chi connectivity index (χ1n) is 2.57. The average molecular weight is 174 g/mol. The Bertz CT molecular complexity index is 137. The van der Waals surface area contributed by atoms with Crippen molar-refractivity contribution in [2.75, 3.05) is 0 Å². The van der Waals surface area contributed by atoms with E-state index in [1.165, 1.54) is 4.48 Å². The van der Waals surface area contributed by atoms with Crippen LogP contribution in [0, 0.1) is 0 Å². The minimum atomic E-state index is 0.217. The van der Waals surface area contributed by atoms with Crippen LogP contribution in [0.2, 0.25) is 0 Å². The fourth-order valence-electron chi connectivity index (χ4n) is 0.664. The lowest BCUT2D eigenvalue weighted by molar-refractivity contribution is 0.820. The van der Waals surface area contributed by atoms with Crippen LogP contribution in [0.5, 0.6) is 0 Å². The molecule has 0 spiro atoms. The van der Waals surface area contributed by atoms with E-state index in [9.17, 15) is 0 Å². The Hall–Kier alpha value is -0.0800. The van der Waals surface area contributed by atoms with Gasteiger partial charge < -0.3 is 5.73 Å². The summed E-state index contributed by atoms with van der Waals surface area (Å²) in [7, 11) is 0. The largest absolute Gasteiger partial charge is 0.324 e. The second kappa shape index (κ2) is 2.46. The molecule has 0 aromatic rings. The van der Waals surface area contributed by atoms with E-state index in [1.54, 1.807) is 0 Å². The summed E-state index contributed by atoms with van der Waals surface area (Å²) in [6.45, 7) is 0. The van der Waals surface area contributed by atoms with Crippen LogP contribution in [0.25, 0.3) is 0 Å². The summed E-state index contributed by atoms with van der Waals surface area (Å²) >= 11 is 3.36. The van der Waals surface area contributed by atoms with E-state index in [0.29, 0.717) is 0 Å². The van der Waals surface area contributed by atoms with Gasteiger partial charge in [0.05, 0.1) is 0 Å². The van der Waals surface area contributed by atoms with Gasteiger partial charge in [-0.15, -0.1) is 0 Å². The van der Waals surface area contributed by atoms with Gasteiger partial charge in [-0.2, -0.15) is 0 Å². The van der Waals surface area contributed by atoms with Crippen LogP contribution in [0.15, 0.2) is 22.7 Å². The van der Waals surface area contributed by atoms with Gasteiger partial charge in [0, 0.05) is 6.04 Å². The molecule has 0 saturated carbocycles. The fraction of sp³-hybridized carbons (Fsp3) is 0.333. The van der Waals surface area contributed by atoms with E-state index >= 15 is 0 Å². The normalized spacial score (nSPS) is 27.8. The van der Waals surface area contributed by atoms with Crippen molar-refractivity contribution in [1.29, 1.82) is 0 Å². The zero-order chi connectivity index (χ0) is 5.98. The first kappa shape index (κ1) is 6.05. The van der Waals surface area contributed by atoms with Gasteiger partial charge in [-0.05, 0) is 10.9 Å². The summed E-state index contributed by atoms with van der Waals surface area (Å²) in [5.74, 6) is 0. The predicted molar refractivity (Wildman–Crippen MR) is 38.7 cm³/mol. The van der Waals surface area contributed by atoms with Gasteiger partial charge in [0.2, 0.25) is 0 Å². The fourth-order valence-corrected chi connectivity index (χ4v) is 1.19. The third-order valence-electron chi connectivity index (χ3n) is 1.07. The Morgan fingerprint density at radius 3 is 2.88 bits per heavy atom. The lowest BCUT2D eigenvalue weighted by Gasteiger charge is -2.07. The molecule has 2 heteroatoms. The Morgan fingerprint density at radius 2 is 2.50 bits per heavy atom. The van der Waals surface area contributed by atoms with Crippen molar-refractivity contribution in [2.24, 2.45) is 5.73 Å². The summed E-state index contributed by atoms with van der Waals surface area (Å²) < 4.78 is 1.19. The molecule has 1 aliphatic carbocycles. The number of hydrogen-bond donors (Lipinski definition) is 1. The monoisotopic (exact) mass is 173 g/mol. The Kier molecular flexibility index (Phi) is 1.86. The Balaban J connectivity index is 2.59. The number of halogens is 1. The maximum Gasteiger partial charge on any atom is 0.0272 e. The molecule has 0 aromatic heterocycles. The standard InChI is InChI=1S/C6H8BrN/c7-5-2-1-3-6(8)4-5/h1-3,6H,4,8H2. The van der Waals surface area contributed by atoms with E-state index in [4.69, 9.17) is 5.73 Å². The third-order valence-corrected chi connectivity index (χ3v) is 1.65. The summed E-state index contributed by atoms with van der Waals surface area (Å²) in [6.07, 6.45) is 6.92. The second-order valence-corrected chi connectivity index (χ2v) is 2.88. The molecule has 0 aromatic carbocycles. The molecular weight excluding hydrogens is 166 g/mol. The number of hydrogen-bond acceptors (Lipinski definition) is 1. The van der Waals surface area contributed by atoms with Crippen molar-refractivity contribution >= 4 is 15.9 Å². The van der Waals surface area contributed by atoms with Gasteiger partial charge in [-0.1, -0.05) is 34.2 Å². The average Bonchev–Trinajstić information content (AvgIpc) is 1.64. The molecule has 1 unspecified atom stereocenters. The highest BCUT2D eigenvalue weighted by Crippen LogP contribution is 2.16. The lowest BCUT2D eigenvalue weighted by Crippen LogP contribution is -2.17. The zero-order valence-corrected chi connectivity index (χ0v) is 6.06. The SMILES string of the molecule is NC1C=CC=C(Br)C1. The molecule has 0 amide bonds.